The van der Waals surface area contributed by atoms with Crippen LogP contribution in [0, 0.1) is 0 Å². The molecule has 0 spiro atoms. The van der Waals surface area contributed by atoms with Gasteiger partial charge < -0.3 is 10.2 Å². The predicted octanol–water partition coefficient (Wildman–Crippen LogP) is 2.89. The maximum Gasteiger partial charge on any atom is 0.125 e. The van der Waals surface area contributed by atoms with Crippen LogP contribution in [0.5, 0.6) is 0 Å². The molecule has 0 saturated heterocycles. The molecule has 1 aromatic carbocycles. The van der Waals surface area contributed by atoms with Crippen LogP contribution in [0.25, 0.3) is 0 Å². The van der Waals surface area contributed by atoms with Crippen molar-refractivity contribution in [2.24, 2.45) is 5.73 Å². The minimum Gasteiger partial charge on any atom is -0.464 e. The van der Waals surface area contributed by atoms with Crippen molar-refractivity contribution >= 4 is 0 Å². The summed E-state index contributed by atoms with van der Waals surface area (Å²) >= 11 is 0. The molecule has 0 fully saturated rings. The molecule has 2 heteroatoms. The highest BCUT2D eigenvalue weighted by molar-refractivity contribution is 5.26. The molecule has 2 nitrogen and oxygen atoms in total. The maximum absolute atomic E-state index is 6.09. The fourth-order valence-corrected chi connectivity index (χ4v) is 1.58. The first-order valence-electron chi connectivity index (χ1n) is 5.20. The van der Waals surface area contributed by atoms with Crippen LogP contribution in [0.15, 0.2) is 46.9 Å². The SMILES string of the molecule is CCc1ccc(C(N)c2ccccc2)o1. The molecule has 0 amide bonds. The Hall–Kier alpha value is -1.54. The molecular weight excluding hydrogens is 186 g/mol. The average molecular weight is 201 g/mol. The van der Waals surface area contributed by atoms with Crippen molar-refractivity contribution in [3.63, 3.8) is 0 Å². The Morgan fingerprint density at radius 3 is 2.47 bits per heavy atom. The van der Waals surface area contributed by atoms with E-state index in [-0.39, 0.29) is 6.04 Å². The lowest BCUT2D eigenvalue weighted by Crippen LogP contribution is -2.10. The zero-order valence-electron chi connectivity index (χ0n) is 8.81. The van der Waals surface area contributed by atoms with Gasteiger partial charge in [0.25, 0.3) is 0 Å². The van der Waals surface area contributed by atoms with Crippen molar-refractivity contribution in [1.82, 2.24) is 0 Å². The van der Waals surface area contributed by atoms with Crippen LogP contribution in [0.2, 0.25) is 0 Å². The topological polar surface area (TPSA) is 39.2 Å². The second-order valence-corrected chi connectivity index (χ2v) is 3.55. The van der Waals surface area contributed by atoms with Crippen LogP contribution in [-0.4, -0.2) is 0 Å². The number of hydrogen-bond donors (Lipinski definition) is 1. The predicted molar refractivity (Wildman–Crippen MR) is 60.6 cm³/mol. The van der Waals surface area contributed by atoms with Crippen molar-refractivity contribution in [3.05, 3.63) is 59.5 Å². The standard InChI is InChI=1S/C13H15NO/c1-2-11-8-9-12(15-11)13(14)10-6-4-3-5-7-10/h3-9,13H,2,14H2,1H3. The summed E-state index contributed by atoms with van der Waals surface area (Å²) in [7, 11) is 0. The summed E-state index contributed by atoms with van der Waals surface area (Å²) in [5.41, 5.74) is 7.17. The normalized spacial score (nSPS) is 12.7. The molecular formula is C13H15NO. The number of aryl methyl sites for hydroxylation is 1. The third-order valence-electron chi connectivity index (χ3n) is 2.50. The zero-order valence-corrected chi connectivity index (χ0v) is 8.81. The number of furan rings is 1. The van der Waals surface area contributed by atoms with E-state index in [4.69, 9.17) is 10.2 Å². The third kappa shape index (κ3) is 2.10. The third-order valence-corrected chi connectivity index (χ3v) is 2.50. The van der Waals surface area contributed by atoms with Crippen LogP contribution in [0.3, 0.4) is 0 Å². The molecule has 2 aromatic rings. The highest BCUT2D eigenvalue weighted by Crippen LogP contribution is 2.21. The van der Waals surface area contributed by atoms with E-state index in [2.05, 4.69) is 6.92 Å². The molecule has 0 aliphatic carbocycles. The van der Waals surface area contributed by atoms with Gasteiger partial charge in [-0.2, -0.15) is 0 Å². The Kier molecular flexibility index (Phi) is 2.88. The van der Waals surface area contributed by atoms with Crippen LogP contribution in [0.4, 0.5) is 0 Å². The molecule has 1 heterocycles. The summed E-state index contributed by atoms with van der Waals surface area (Å²) in [5, 5.41) is 0. The molecule has 1 aromatic heterocycles. The van der Waals surface area contributed by atoms with Gasteiger partial charge in [-0.15, -0.1) is 0 Å². The summed E-state index contributed by atoms with van der Waals surface area (Å²) in [6.45, 7) is 2.07. The largest absolute Gasteiger partial charge is 0.464 e. The molecule has 0 aliphatic rings. The van der Waals surface area contributed by atoms with Crippen molar-refractivity contribution < 1.29 is 4.42 Å². The van der Waals surface area contributed by atoms with Crippen molar-refractivity contribution in [2.75, 3.05) is 0 Å². The minimum absolute atomic E-state index is 0.161. The Labute approximate surface area is 89.7 Å². The fraction of sp³-hybridized carbons (Fsp3) is 0.231. The quantitative estimate of drug-likeness (QED) is 0.829. The van der Waals surface area contributed by atoms with Crippen molar-refractivity contribution in [2.45, 2.75) is 19.4 Å². The molecule has 15 heavy (non-hydrogen) atoms. The first-order valence-corrected chi connectivity index (χ1v) is 5.20. The number of rotatable bonds is 3. The van der Waals surface area contributed by atoms with Gasteiger partial charge in [0.2, 0.25) is 0 Å². The molecule has 0 radical (unpaired) electrons. The van der Waals surface area contributed by atoms with E-state index in [9.17, 15) is 0 Å². The first-order chi connectivity index (χ1) is 7.31. The molecule has 0 saturated carbocycles. The molecule has 1 unspecified atom stereocenters. The lowest BCUT2D eigenvalue weighted by atomic mass is 10.1. The number of nitrogens with two attached hydrogens (primary N) is 1. The summed E-state index contributed by atoms with van der Waals surface area (Å²) < 4.78 is 5.62. The summed E-state index contributed by atoms with van der Waals surface area (Å²) in [6, 6.07) is 13.8. The molecule has 0 bridgehead atoms. The van der Waals surface area contributed by atoms with Gasteiger partial charge in [-0.25, -0.2) is 0 Å². The van der Waals surface area contributed by atoms with Gasteiger partial charge in [0.1, 0.15) is 11.5 Å². The summed E-state index contributed by atoms with van der Waals surface area (Å²) in [6.07, 6.45) is 0.904. The van der Waals surface area contributed by atoms with E-state index in [1.807, 2.05) is 42.5 Å². The summed E-state index contributed by atoms with van der Waals surface area (Å²) in [4.78, 5) is 0. The van der Waals surface area contributed by atoms with Gasteiger partial charge >= 0.3 is 0 Å². The fourth-order valence-electron chi connectivity index (χ4n) is 1.58. The van der Waals surface area contributed by atoms with E-state index < -0.39 is 0 Å². The lowest BCUT2D eigenvalue weighted by molar-refractivity contribution is 0.454. The van der Waals surface area contributed by atoms with Gasteiger partial charge in [0.15, 0.2) is 0 Å². The van der Waals surface area contributed by atoms with Gasteiger partial charge in [0, 0.05) is 6.42 Å². The second-order valence-electron chi connectivity index (χ2n) is 3.55. The first kappa shape index (κ1) is 9.99. The van der Waals surface area contributed by atoms with Crippen LogP contribution >= 0.6 is 0 Å². The highest BCUT2D eigenvalue weighted by Gasteiger charge is 2.12. The van der Waals surface area contributed by atoms with Gasteiger partial charge in [-0.1, -0.05) is 37.3 Å². The van der Waals surface area contributed by atoms with Gasteiger partial charge in [0.05, 0.1) is 6.04 Å². The average Bonchev–Trinajstić information content (AvgIpc) is 2.78. The van der Waals surface area contributed by atoms with Gasteiger partial charge in [-0.3, -0.25) is 0 Å². The van der Waals surface area contributed by atoms with Crippen LogP contribution in [-0.2, 0) is 6.42 Å². The number of benzene rings is 1. The van der Waals surface area contributed by atoms with Crippen molar-refractivity contribution in [3.8, 4) is 0 Å². The Balaban J connectivity index is 2.24. The smallest absolute Gasteiger partial charge is 0.125 e. The summed E-state index contributed by atoms with van der Waals surface area (Å²) in [5.74, 6) is 1.81. The molecule has 78 valence electrons. The molecule has 2 rings (SSSR count). The van der Waals surface area contributed by atoms with Crippen LogP contribution in [0.1, 0.15) is 30.0 Å². The number of hydrogen-bond acceptors (Lipinski definition) is 2. The Morgan fingerprint density at radius 2 is 1.87 bits per heavy atom. The molecule has 2 N–H and O–H groups in total. The highest BCUT2D eigenvalue weighted by atomic mass is 16.3. The van der Waals surface area contributed by atoms with E-state index in [1.54, 1.807) is 0 Å². The van der Waals surface area contributed by atoms with E-state index in [0.717, 1.165) is 23.5 Å². The monoisotopic (exact) mass is 201 g/mol. The minimum atomic E-state index is -0.161. The lowest BCUT2D eigenvalue weighted by Gasteiger charge is -2.08. The zero-order chi connectivity index (χ0) is 10.7. The second kappa shape index (κ2) is 4.32. The Morgan fingerprint density at radius 1 is 1.13 bits per heavy atom. The van der Waals surface area contributed by atoms with Gasteiger partial charge in [-0.05, 0) is 17.7 Å². The van der Waals surface area contributed by atoms with E-state index >= 15 is 0 Å². The molecule has 1 atom stereocenters. The van der Waals surface area contributed by atoms with Crippen LogP contribution < -0.4 is 5.73 Å². The molecule has 0 aliphatic heterocycles. The van der Waals surface area contributed by atoms with E-state index in [1.165, 1.54) is 0 Å². The Bertz CT molecular complexity index is 419. The van der Waals surface area contributed by atoms with E-state index in [0.29, 0.717) is 0 Å². The maximum atomic E-state index is 6.09. The van der Waals surface area contributed by atoms with Crippen molar-refractivity contribution in [1.29, 1.82) is 0 Å².